The number of hydrogen-bond acceptors (Lipinski definition) is 5. The number of amides is 1. The maximum atomic E-state index is 14.1. The maximum absolute atomic E-state index is 14.1. The van der Waals surface area contributed by atoms with Crippen molar-refractivity contribution in [1.29, 1.82) is 0 Å². The van der Waals surface area contributed by atoms with E-state index in [2.05, 4.69) is 15.9 Å². The highest BCUT2D eigenvalue weighted by Crippen LogP contribution is 2.30. The minimum absolute atomic E-state index is 0.0126. The Morgan fingerprint density at radius 3 is 2.22 bits per heavy atom. The van der Waals surface area contributed by atoms with Gasteiger partial charge in [0, 0.05) is 59.5 Å². The molecule has 0 aliphatic rings. The van der Waals surface area contributed by atoms with E-state index in [-0.39, 0.29) is 23.2 Å². The van der Waals surface area contributed by atoms with Gasteiger partial charge in [-0.2, -0.15) is 0 Å². The fraction of sp³-hybridized carbons (Fsp3) is 0.371. The molecular formula is C35H39BrF2N2O5. The molecule has 0 aliphatic heterocycles. The van der Waals surface area contributed by atoms with E-state index in [1.807, 2.05) is 6.92 Å². The molecule has 1 heterocycles. The largest absolute Gasteiger partial charge is 0.497 e. The average Bonchev–Trinajstić information content (AvgIpc) is 3.03. The van der Waals surface area contributed by atoms with Crippen LogP contribution in [0.4, 0.5) is 14.5 Å². The molecular weight excluding hydrogens is 646 g/mol. The standard InChI is InChI=1S/C35H39BrF2N2O5/c1-4-14-44-30-20-27(19-29(21-30)43-3)40-23-32(35(42)39(5-2)26-17-24(37)16-25(38)18-26)34(41)31-12-11-28(22-33(31)40)45-15-10-8-6-7-9-13-36/h11-12,16-23H,4-10,13-15H2,1-3H3. The van der Waals surface area contributed by atoms with Crippen LogP contribution in [-0.2, 0) is 0 Å². The van der Waals surface area contributed by atoms with Crippen LogP contribution in [0.3, 0.4) is 0 Å². The van der Waals surface area contributed by atoms with Crippen molar-refractivity contribution in [1.82, 2.24) is 4.57 Å². The smallest absolute Gasteiger partial charge is 0.263 e. The lowest BCUT2D eigenvalue weighted by molar-refractivity contribution is 0.0987. The molecule has 3 aromatic carbocycles. The van der Waals surface area contributed by atoms with Gasteiger partial charge in [-0.15, -0.1) is 0 Å². The summed E-state index contributed by atoms with van der Waals surface area (Å²) in [6, 6.07) is 13.3. The van der Waals surface area contributed by atoms with Gasteiger partial charge in [0.25, 0.3) is 5.91 Å². The predicted molar refractivity (Wildman–Crippen MR) is 178 cm³/mol. The van der Waals surface area contributed by atoms with E-state index in [0.29, 0.717) is 41.7 Å². The van der Waals surface area contributed by atoms with Gasteiger partial charge in [0.1, 0.15) is 34.4 Å². The second kappa shape index (κ2) is 16.4. The fourth-order valence-electron chi connectivity index (χ4n) is 5.08. The predicted octanol–water partition coefficient (Wildman–Crippen LogP) is 8.46. The maximum Gasteiger partial charge on any atom is 0.263 e. The summed E-state index contributed by atoms with van der Waals surface area (Å²) in [5, 5.41) is 1.29. The second-order valence-corrected chi connectivity index (χ2v) is 11.4. The number of aromatic nitrogens is 1. The second-order valence-electron chi connectivity index (χ2n) is 10.6. The summed E-state index contributed by atoms with van der Waals surface area (Å²) >= 11 is 3.46. The third-order valence-electron chi connectivity index (χ3n) is 7.33. The van der Waals surface area contributed by atoms with Gasteiger partial charge in [0.05, 0.1) is 31.5 Å². The van der Waals surface area contributed by atoms with Crippen molar-refractivity contribution in [3.05, 3.63) is 88.2 Å². The van der Waals surface area contributed by atoms with Crippen LogP contribution in [0.1, 0.15) is 62.7 Å². The van der Waals surface area contributed by atoms with Gasteiger partial charge in [-0.25, -0.2) is 8.78 Å². The van der Waals surface area contributed by atoms with Gasteiger partial charge in [-0.3, -0.25) is 9.59 Å². The summed E-state index contributed by atoms with van der Waals surface area (Å²) in [5.74, 6) is -0.663. The van der Waals surface area contributed by atoms with Crippen LogP contribution in [0.5, 0.6) is 17.2 Å². The molecule has 0 saturated carbocycles. The number of halogens is 3. The van der Waals surface area contributed by atoms with Crippen molar-refractivity contribution in [2.24, 2.45) is 0 Å². The van der Waals surface area contributed by atoms with Crippen LogP contribution in [0.25, 0.3) is 16.6 Å². The highest BCUT2D eigenvalue weighted by Gasteiger charge is 2.24. The molecule has 0 fully saturated rings. The molecule has 4 aromatic rings. The molecule has 7 nitrogen and oxygen atoms in total. The van der Waals surface area contributed by atoms with Gasteiger partial charge >= 0.3 is 0 Å². The molecule has 45 heavy (non-hydrogen) atoms. The lowest BCUT2D eigenvalue weighted by Crippen LogP contribution is -2.35. The van der Waals surface area contributed by atoms with Gasteiger partial charge in [-0.05, 0) is 50.5 Å². The number of benzene rings is 3. The Bertz CT molecular complexity index is 1660. The molecule has 10 heteroatoms. The minimum atomic E-state index is -0.824. The van der Waals surface area contributed by atoms with Crippen molar-refractivity contribution in [3.63, 3.8) is 0 Å². The molecule has 0 bridgehead atoms. The van der Waals surface area contributed by atoms with Crippen molar-refractivity contribution in [2.45, 2.75) is 52.4 Å². The van der Waals surface area contributed by atoms with Crippen LogP contribution >= 0.6 is 15.9 Å². The van der Waals surface area contributed by atoms with Crippen LogP contribution < -0.4 is 24.5 Å². The first-order chi connectivity index (χ1) is 21.8. The van der Waals surface area contributed by atoms with Gasteiger partial charge in [-0.1, -0.05) is 42.1 Å². The summed E-state index contributed by atoms with van der Waals surface area (Å²) in [7, 11) is 1.55. The zero-order chi connectivity index (χ0) is 32.3. The Morgan fingerprint density at radius 1 is 0.844 bits per heavy atom. The summed E-state index contributed by atoms with van der Waals surface area (Å²) in [6.45, 7) is 4.78. The van der Waals surface area contributed by atoms with Crippen molar-refractivity contribution < 1.29 is 27.8 Å². The van der Waals surface area contributed by atoms with Gasteiger partial charge < -0.3 is 23.7 Å². The zero-order valence-corrected chi connectivity index (χ0v) is 27.5. The number of alkyl halides is 1. The normalized spacial score (nSPS) is 11.1. The van der Waals surface area contributed by atoms with E-state index in [1.165, 1.54) is 17.5 Å². The molecule has 0 atom stereocenters. The number of fused-ring (bicyclic) bond motifs is 1. The monoisotopic (exact) mass is 684 g/mol. The number of methoxy groups -OCH3 is 1. The lowest BCUT2D eigenvalue weighted by atomic mass is 10.1. The number of rotatable bonds is 16. The number of anilines is 1. The van der Waals surface area contributed by atoms with Crippen LogP contribution in [0.15, 0.2) is 65.6 Å². The summed E-state index contributed by atoms with van der Waals surface area (Å²) in [4.78, 5) is 28.9. The number of unbranched alkanes of at least 4 members (excludes halogenated alkanes) is 4. The molecule has 0 unspecified atom stereocenters. The molecule has 0 radical (unpaired) electrons. The van der Waals surface area contributed by atoms with E-state index >= 15 is 0 Å². The van der Waals surface area contributed by atoms with Crippen molar-refractivity contribution in [2.75, 3.05) is 37.1 Å². The van der Waals surface area contributed by atoms with E-state index in [0.717, 1.165) is 55.6 Å². The van der Waals surface area contributed by atoms with Crippen molar-refractivity contribution in [3.8, 4) is 22.9 Å². The summed E-state index contributed by atoms with van der Waals surface area (Å²) in [6.07, 6.45) is 7.68. The third-order valence-corrected chi connectivity index (χ3v) is 7.89. The minimum Gasteiger partial charge on any atom is -0.497 e. The number of nitrogens with zero attached hydrogens (tertiary/aromatic N) is 2. The van der Waals surface area contributed by atoms with E-state index in [1.54, 1.807) is 55.0 Å². The first-order valence-corrected chi connectivity index (χ1v) is 16.4. The molecule has 4 rings (SSSR count). The lowest BCUT2D eigenvalue weighted by Gasteiger charge is -2.22. The summed E-state index contributed by atoms with van der Waals surface area (Å²) in [5.41, 5.74) is 0.443. The molecule has 0 spiro atoms. The number of carbonyl (C=O) groups excluding carboxylic acids is 1. The van der Waals surface area contributed by atoms with E-state index in [9.17, 15) is 18.4 Å². The number of ether oxygens (including phenoxy) is 3. The summed E-state index contributed by atoms with van der Waals surface area (Å²) < 4.78 is 47.4. The Labute approximate surface area is 270 Å². The molecule has 0 N–H and O–H groups in total. The molecule has 1 aromatic heterocycles. The highest BCUT2D eigenvalue weighted by molar-refractivity contribution is 9.09. The van der Waals surface area contributed by atoms with Crippen LogP contribution in [-0.4, -0.2) is 42.7 Å². The molecule has 240 valence electrons. The Morgan fingerprint density at radius 2 is 1.53 bits per heavy atom. The molecule has 0 aliphatic carbocycles. The first-order valence-electron chi connectivity index (χ1n) is 15.3. The van der Waals surface area contributed by atoms with E-state index in [4.69, 9.17) is 14.2 Å². The van der Waals surface area contributed by atoms with Gasteiger partial charge in [0.15, 0.2) is 0 Å². The number of pyridine rings is 1. The highest BCUT2D eigenvalue weighted by atomic mass is 79.9. The number of hydrogen-bond donors (Lipinski definition) is 0. The van der Waals surface area contributed by atoms with E-state index < -0.39 is 23.0 Å². The van der Waals surface area contributed by atoms with Crippen molar-refractivity contribution >= 4 is 38.4 Å². The number of carbonyl (C=O) groups is 1. The first kappa shape index (κ1) is 34.0. The van der Waals surface area contributed by atoms with Crippen LogP contribution in [0.2, 0.25) is 0 Å². The van der Waals surface area contributed by atoms with Gasteiger partial charge in [0.2, 0.25) is 5.43 Å². The quantitative estimate of drug-likeness (QED) is 0.0875. The Kier molecular flexibility index (Phi) is 12.4. The topological polar surface area (TPSA) is 70.0 Å². The molecule has 0 saturated heterocycles. The SMILES string of the molecule is CCCOc1cc(OC)cc(-n2cc(C(=O)N(CC)c3cc(F)cc(F)c3)c(=O)c3ccc(OCCCCCCCBr)cc32)c1. The zero-order valence-electron chi connectivity index (χ0n) is 25.9. The third kappa shape index (κ3) is 8.63. The fourth-order valence-corrected chi connectivity index (χ4v) is 5.48. The average molecular weight is 686 g/mol. The Balaban J connectivity index is 1.81. The molecule has 1 amide bonds. The Hall–Kier alpha value is -3.92. The van der Waals surface area contributed by atoms with Crippen LogP contribution in [0, 0.1) is 11.6 Å².